The number of hydrogen-bond acceptors (Lipinski definition) is 4. The van der Waals surface area contributed by atoms with Crippen molar-refractivity contribution in [2.24, 2.45) is 0 Å². The second-order valence-electron chi connectivity index (χ2n) is 7.84. The molecule has 2 aliphatic rings. The molecule has 0 spiro atoms. The van der Waals surface area contributed by atoms with Crippen LogP contribution in [-0.2, 0) is 9.31 Å². The van der Waals surface area contributed by atoms with Crippen molar-refractivity contribution in [3.05, 3.63) is 28.8 Å². The summed E-state index contributed by atoms with van der Waals surface area (Å²) in [6, 6.07) is 5.45. The van der Waals surface area contributed by atoms with E-state index >= 15 is 0 Å². The quantitative estimate of drug-likeness (QED) is 0.765. The lowest BCUT2D eigenvalue weighted by atomic mass is 9.78. The molecule has 2 fully saturated rings. The number of carbonyl (C=O) groups excluding carboxylic acids is 1. The molecule has 144 valence electrons. The van der Waals surface area contributed by atoms with Crippen molar-refractivity contribution in [3.8, 4) is 0 Å². The van der Waals surface area contributed by atoms with Gasteiger partial charge in [0.05, 0.1) is 11.2 Å². The van der Waals surface area contributed by atoms with Gasteiger partial charge in [0.1, 0.15) is 0 Å². The summed E-state index contributed by atoms with van der Waals surface area (Å²) in [6.07, 6.45) is 2.07. The van der Waals surface area contributed by atoms with Crippen molar-refractivity contribution >= 4 is 42.5 Å². The molecule has 0 radical (unpaired) electrons. The average Bonchev–Trinajstić information content (AvgIpc) is 2.76. The van der Waals surface area contributed by atoms with Gasteiger partial charge in [-0.05, 0) is 59.2 Å². The van der Waals surface area contributed by atoms with Crippen molar-refractivity contribution in [3.63, 3.8) is 0 Å². The van der Waals surface area contributed by atoms with Gasteiger partial charge in [-0.1, -0.05) is 17.7 Å². The minimum atomic E-state index is -0.530. The van der Waals surface area contributed by atoms with E-state index in [9.17, 15) is 4.79 Å². The number of piperidine rings is 1. The van der Waals surface area contributed by atoms with Gasteiger partial charge in [-0.15, -0.1) is 12.4 Å². The lowest BCUT2D eigenvalue weighted by Crippen LogP contribution is -2.45. The molecule has 0 aliphatic carbocycles. The van der Waals surface area contributed by atoms with Crippen LogP contribution in [0.15, 0.2) is 18.2 Å². The van der Waals surface area contributed by atoms with Crippen molar-refractivity contribution in [1.82, 2.24) is 10.6 Å². The summed E-state index contributed by atoms with van der Waals surface area (Å²) in [5.41, 5.74) is 0.447. The van der Waals surface area contributed by atoms with Gasteiger partial charge in [0.25, 0.3) is 5.91 Å². The highest BCUT2D eigenvalue weighted by Crippen LogP contribution is 2.37. The zero-order chi connectivity index (χ0) is 18.2. The third-order valence-electron chi connectivity index (χ3n) is 5.40. The molecule has 2 N–H and O–H groups in total. The molecule has 3 rings (SSSR count). The first-order valence-electron chi connectivity index (χ1n) is 8.86. The summed E-state index contributed by atoms with van der Waals surface area (Å²) in [4.78, 5) is 12.4. The van der Waals surface area contributed by atoms with Crippen LogP contribution in [0.5, 0.6) is 0 Å². The van der Waals surface area contributed by atoms with E-state index in [4.69, 9.17) is 20.9 Å². The molecular formula is C18H27BCl2N2O3. The van der Waals surface area contributed by atoms with Gasteiger partial charge in [0, 0.05) is 28.6 Å². The normalized spacial score (nSPS) is 24.0. The first kappa shape index (κ1) is 21.5. The predicted molar refractivity (Wildman–Crippen MR) is 108 cm³/mol. The van der Waals surface area contributed by atoms with Crippen LogP contribution in [0.4, 0.5) is 0 Å². The molecule has 0 aromatic heterocycles. The molecular weight excluding hydrogens is 374 g/mol. The Bertz CT molecular complexity index is 648. The van der Waals surface area contributed by atoms with E-state index in [1.165, 1.54) is 0 Å². The largest absolute Gasteiger partial charge is 0.496 e. The topological polar surface area (TPSA) is 59.6 Å². The summed E-state index contributed by atoms with van der Waals surface area (Å²) in [5, 5.41) is 6.83. The van der Waals surface area contributed by atoms with E-state index < -0.39 is 18.3 Å². The fraction of sp³-hybridized carbons (Fsp3) is 0.611. The molecule has 1 atom stereocenters. The molecule has 1 aromatic carbocycles. The van der Waals surface area contributed by atoms with Gasteiger partial charge in [-0.25, -0.2) is 0 Å². The monoisotopic (exact) mass is 400 g/mol. The summed E-state index contributed by atoms with van der Waals surface area (Å²) in [7, 11) is -0.530. The Labute approximate surface area is 167 Å². The standard InChI is InChI=1S/C18H26BClN2O3.ClH/c1-17(2)18(3,4)25-19(24-17)14-8-7-12(10-15(14)20)16(23)22-13-6-5-9-21-11-13;/h7-8,10,13,21H,5-6,9,11H2,1-4H3,(H,22,23);1H/t13-;/m0./s1. The van der Waals surface area contributed by atoms with Gasteiger partial charge in [0.2, 0.25) is 0 Å². The van der Waals surface area contributed by atoms with E-state index in [-0.39, 0.29) is 24.4 Å². The van der Waals surface area contributed by atoms with E-state index in [1.54, 1.807) is 12.1 Å². The van der Waals surface area contributed by atoms with Crippen LogP contribution >= 0.6 is 24.0 Å². The van der Waals surface area contributed by atoms with Gasteiger partial charge >= 0.3 is 7.12 Å². The smallest absolute Gasteiger partial charge is 0.399 e. The van der Waals surface area contributed by atoms with E-state index in [0.29, 0.717) is 10.6 Å². The molecule has 2 saturated heterocycles. The number of carbonyl (C=O) groups is 1. The summed E-state index contributed by atoms with van der Waals surface area (Å²) < 4.78 is 12.1. The third-order valence-corrected chi connectivity index (χ3v) is 5.73. The minimum absolute atomic E-state index is 0. The number of benzene rings is 1. The Hall–Kier alpha value is -0.785. The molecule has 1 aromatic rings. The van der Waals surface area contributed by atoms with Crippen LogP contribution in [0, 0.1) is 0 Å². The van der Waals surface area contributed by atoms with E-state index in [0.717, 1.165) is 31.4 Å². The fourth-order valence-corrected chi connectivity index (χ4v) is 3.34. The second-order valence-corrected chi connectivity index (χ2v) is 8.25. The zero-order valence-corrected chi connectivity index (χ0v) is 17.3. The Morgan fingerprint density at radius 3 is 2.46 bits per heavy atom. The SMILES string of the molecule is CC1(C)OB(c2ccc(C(=O)N[C@H]3CCCNC3)cc2Cl)OC1(C)C.Cl. The van der Waals surface area contributed by atoms with E-state index in [1.807, 2.05) is 33.8 Å². The molecule has 1 amide bonds. The van der Waals surface area contributed by atoms with Crippen LogP contribution in [0.1, 0.15) is 50.9 Å². The number of rotatable bonds is 3. The molecule has 2 heterocycles. The summed E-state index contributed by atoms with van der Waals surface area (Å²) >= 11 is 6.43. The molecule has 8 heteroatoms. The fourth-order valence-electron chi connectivity index (χ4n) is 3.07. The first-order valence-corrected chi connectivity index (χ1v) is 9.24. The molecule has 0 saturated carbocycles. The molecule has 0 bridgehead atoms. The molecule has 26 heavy (non-hydrogen) atoms. The molecule has 2 aliphatic heterocycles. The second kappa shape index (κ2) is 8.07. The number of hydrogen-bond donors (Lipinski definition) is 2. The highest BCUT2D eigenvalue weighted by Gasteiger charge is 2.52. The lowest BCUT2D eigenvalue weighted by Gasteiger charge is -2.32. The van der Waals surface area contributed by atoms with Gasteiger partial charge in [0.15, 0.2) is 0 Å². The Balaban J connectivity index is 0.00000243. The van der Waals surface area contributed by atoms with Crippen LogP contribution < -0.4 is 16.1 Å². The summed E-state index contributed by atoms with van der Waals surface area (Å²) in [6.45, 7) is 9.83. The van der Waals surface area contributed by atoms with Gasteiger partial charge in [-0.2, -0.15) is 0 Å². The Morgan fingerprint density at radius 1 is 1.27 bits per heavy atom. The van der Waals surface area contributed by atoms with E-state index in [2.05, 4.69) is 10.6 Å². The zero-order valence-electron chi connectivity index (χ0n) is 15.7. The maximum Gasteiger partial charge on any atom is 0.496 e. The van der Waals surface area contributed by atoms with Gasteiger partial charge in [-0.3, -0.25) is 4.79 Å². The number of nitrogens with one attached hydrogen (secondary N) is 2. The van der Waals surface area contributed by atoms with Crippen molar-refractivity contribution in [2.75, 3.05) is 13.1 Å². The molecule has 5 nitrogen and oxygen atoms in total. The van der Waals surface area contributed by atoms with Crippen LogP contribution in [0.2, 0.25) is 5.02 Å². The van der Waals surface area contributed by atoms with Crippen LogP contribution in [0.25, 0.3) is 0 Å². The van der Waals surface area contributed by atoms with Crippen molar-refractivity contribution in [1.29, 1.82) is 0 Å². The third kappa shape index (κ3) is 4.37. The lowest BCUT2D eigenvalue weighted by molar-refractivity contribution is 0.00578. The predicted octanol–water partition coefficient (Wildman–Crippen LogP) is 2.54. The Morgan fingerprint density at radius 2 is 1.92 bits per heavy atom. The van der Waals surface area contributed by atoms with Crippen molar-refractivity contribution < 1.29 is 14.1 Å². The van der Waals surface area contributed by atoms with Crippen molar-refractivity contribution in [2.45, 2.75) is 57.8 Å². The minimum Gasteiger partial charge on any atom is -0.399 e. The highest BCUT2D eigenvalue weighted by molar-refractivity contribution is 6.65. The highest BCUT2D eigenvalue weighted by atomic mass is 35.5. The first-order chi connectivity index (χ1) is 11.7. The van der Waals surface area contributed by atoms with Gasteiger partial charge < -0.3 is 19.9 Å². The number of halogens is 2. The number of amides is 1. The summed E-state index contributed by atoms with van der Waals surface area (Å²) in [5.74, 6) is -0.101. The average molecular weight is 401 g/mol. The maximum absolute atomic E-state index is 12.4. The van der Waals surface area contributed by atoms with Crippen LogP contribution in [-0.4, -0.2) is 43.4 Å². The maximum atomic E-state index is 12.4. The Kier molecular flexibility index (Phi) is 6.68. The molecule has 0 unspecified atom stereocenters. The van der Waals surface area contributed by atoms with Crippen LogP contribution in [0.3, 0.4) is 0 Å².